The summed E-state index contributed by atoms with van der Waals surface area (Å²) in [4.78, 5) is 11.6. The third-order valence-corrected chi connectivity index (χ3v) is 4.95. The van der Waals surface area contributed by atoms with Gasteiger partial charge in [-0.25, -0.2) is 8.42 Å². The predicted octanol–water partition coefficient (Wildman–Crippen LogP) is 1.20. The highest BCUT2D eigenvalue weighted by atomic mass is 32.2. The number of hydrogen-bond acceptors (Lipinski definition) is 4. The van der Waals surface area contributed by atoms with Crippen LogP contribution in [0.4, 0.5) is 0 Å². The minimum absolute atomic E-state index is 0.143. The van der Waals surface area contributed by atoms with Crippen LogP contribution in [0, 0.1) is 6.92 Å². The number of aryl methyl sites for hydroxylation is 1. The first-order valence-corrected chi connectivity index (χ1v) is 6.98. The highest BCUT2D eigenvalue weighted by Crippen LogP contribution is 2.20. The first kappa shape index (κ1) is 13.1. The molecule has 1 atom stereocenters. The molecule has 0 spiro atoms. The van der Waals surface area contributed by atoms with Crippen molar-refractivity contribution < 1.29 is 18.3 Å². The first-order chi connectivity index (χ1) is 7.36. The fourth-order valence-corrected chi connectivity index (χ4v) is 3.68. The van der Waals surface area contributed by atoms with Gasteiger partial charge in [0.15, 0.2) is 0 Å². The Morgan fingerprint density at radius 1 is 1.56 bits per heavy atom. The Morgan fingerprint density at radius 2 is 2.19 bits per heavy atom. The van der Waals surface area contributed by atoms with Crippen molar-refractivity contribution in [1.82, 2.24) is 4.72 Å². The lowest BCUT2D eigenvalue weighted by molar-refractivity contribution is -0.139. The molecule has 0 aromatic carbocycles. The van der Waals surface area contributed by atoms with Crippen LogP contribution in [-0.2, 0) is 14.8 Å². The van der Waals surface area contributed by atoms with E-state index >= 15 is 0 Å². The Kier molecular flexibility index (Phi) is 4.06. The van der Waals surface area contributed by atoms with E-state index in [1.165, 1.54) is 6.07 Å². The molecule has 0 bridgehead atoms. The molecule has 7 heteroatoms. The molecule has 1 heterocycles. The van der Waals surface area contributed by atoms with Crippen LogP contribution >= 0.6 is 11.3 Å². The minimum atomic E-state index is -3.71. The summed E-state index contributed by atoms with van der Waals surface area (Å²) in [5.41, 5.74) is 0. The molecule has 0 aliphatic heterocycles. The van der Waals surface area contributed by atoms with Crippen molar-refractivity contribution in [3.05, 3.63) is 17.0 Å². The average Bonchev–Trinajstić information content (AvgIpc) is 2.61. The zero-order valence-electron chi connectivity index (χ0n) is 8.93. The van der Waals surface area contributed by atoms with Crippen LogP contribution in [0.15, 0.2) is 16.3 Å². The summed E-state index contributed by atoms with van der Waals surface area (Å²) >= 11 is 1.12. The fourth-order valence-electron chi connectivity index (χ4n) is 1.11. The van der Waals surface area contributed by atoms with Crippen LogP contribution in [0.1, 0.15) is 18.2 Å². The topological polar surface area (TPSA) is 83.5 Å². The second-order valence-electron chi connectivity index (χ2n) is 3.29. The molecule has 0 radical (unpaired) electrons. The monoisotopic (exact) mass is 263 g/mol. The van der Waals surface area contributed by atoms with Crippen molar-refractivity contribution >= 4 is 27.3 Å². The molecular formula is C9H13NO4S2. The SMILES string of the molecule is CC[C@H](NS(=O)(=O)c1ccc(C)s1)C(=O)O. The quantitative estimate of drug-likeness (QED) is 0.836. The van der Waals surface area contributed by atoms with E-state index < -0.39 is 22.0 Å². The number of carboxylic acids is 1. The predicted molar refractivity (Wildman–Crippen MR) is 61.1 cm³/mol. The molecule has 1 aromatic rings. The lowest BCUT2D eigenvalue weighted by Gasteiger charge is -2.11. The molecule has 0 aliphatic rings. The number of thiophene rings is 1. The molecule has 16 heavy (non-hydrogen) atoms. The van der Waals surface area contributed by atoms with Crippen molar-refractivity contribution in [2.24, 2.45) is 0 Å². The van der Waals surface area contributed by atoms with E-state index in [4.69, 9.17) is 5.11 Å². The maximum Gasteiger partial charge on any atom is 0.321 e. The summed E-state index contributed by atoms with van der Waals surface area (Å²) < 4.78 is 25.8. The van der Waals surface area contributed by atoms with E-state index in [0.717, 1.165) is 16.2 Å². The van der Waals surface area contributed by atoms with Crippen LogP contribution in [-0.4, -0.2) is 25.5 Å². The summed E-state index contributed by atoms with van der Waals surface area (Å²) in [6.07, 6.45) is 0.207. The van der Waals surface area contributed by atoms with Gasteiger partial charge < -0.3 is 5.11 Å². The Balaban J connectivity index is 2.91. The summed E-state index contributed by atoms with van der Waals surface area (Å²) in [5.74, 6) is -1.17. The minimum Gasteiger partial charge on any atom is -0.480 e. The van der Waals surface area contributed by atoms with Gasteiger partial charge in [0.05, 0.1) is 0 Å². The third-order valence-electron chi connectivity index (χ3n) is 1.98. The number of hydrogen-bond donors (Lipinski definition) is 2. The summed E-state index contributed by atoms with van der Waals surface area (Å²) in [7, 11) is -3.71. The van der Waals surface area contributed by atoms with E-state index in [-0.39, 0.29) is 10.6 Å². The molecule has 0 aliphatic carbocycles. The second kappa shape index (κ2) is 4.94. The molecule has 1 aromatic heterocycles. The van der Waals surface area contributed by atoms with Crippen molar-refractivity contribution in [3.63, 3.8) is 0 Å². The molecule has 0 saturated carbocycles. The van der Waals surface area contributed by atoms with E-state index in [0.29, 0.717) is 0 Å². The Morgan fingerprint density at radius 3 is 2.56 bits per heavy atom. The Hall–Kier alpha value is -0.920. The van der Waals surface area contributed by atoms with Crippen LogP contribution in [0.3, 0.4) is 0 Å². The molecule has 90 valence electrons. The van der Waals surface area contributed by atoms with E-state index in [2.05, 4.69) is 4.72 Å². The lowest BCUT2D eigenvalue weighted by atomic mass is 10.2. The number of rotatable bonds is 5. The fraction of sp³-hybridized carbons (Fsp3) is 0.444. The second-order valence-corrected chi connectivity index (χ2v) is 6.51. The molecule has 2 N–H and O–H groups in total. The highest BCUT2D eigenvalue weighted by molar-refractivity contribution is 7.91. The van der Waals surface area contributed by atoms with Crippen molar-refractivity contribution in [3.8, 4) is 0 Å². The third kappa shape index (κ3) is 3.03. The van der Waals surface area contributed by atoms with Crippen LogP contribution in [0.2, 0.25) is 0 Å². The summed E-state index contributed by atoms with van der Waals surface area (Å²) in [6, 6.07) is 2.07. The maximum atomic E-state index is 11.8. The number of carboxylic acid groups (broad SMARTS) is 1. The number of nitrogens with one attached hydrogen (secondary N) is 1. The molecule has 5 nitrogen and oxygen atoms in total. The largest absolute Gasteiger partial charge is 0.480 e. The first-order valence-electron chi connectivity index (χ1n) is 4.68. The van der Waals surface area contributed by atoms with Gasteiger partial charge in [0, 0.05) is 4.88 Å². The van der Waals surface area contributed by atoms with E-state index in [1.54, 1.807) is 19.9 Å². The van der Waals surface area contributed by atoms with Gasteiger partial charge in [-0.2, -0.15) is 4.72 Å². The van der Waals surface area contributed by atoms with Crippen LogP contribution in [0.25, 0.3) is 0 Å². The zero-order chi connectivity index (χ0) is 12.3. The number of carbonyl (C=O) groups is 1. The molecular weight excluding hydrogens is 250 g/mol. The Labute approximate surface area is 98.2 Å². The number of sulfonamides is 1. The van der Waals surface area contributed by atoms with Gasteiger partial charge >= 0.3 is 5.97 Å². The standard InChI is InChI=1S/C9H13NO4S2/c1-3-7(9(11)12)10-16(13,14)8-5-4-6(2)15-8/h4-5,7,10H,3H2,1-2H3,(H,11,12)/t7-/m0/s1. The summed E-state index contributed by atoms with van der Waals surface area (Å²) in [5, 5.41) is 8.77. The maximum absolute atomic E-state index is 11.8. The van der Waals surface area contributed by atoms with Crippen LogP contribution in [0.5, 0.6) is 0 Å². The van der Waals surface area contributed by atoms with Gasteiger partial charge in [0.2, 0.25) is 0 Å². The van der Waals surface area contributed by atoms with Gasteiger partial charge in [-0.1, -0.05) is 6.92 Å². The van der Waals surface area contributed by atoms with Gasteiger partial charge in [0.1, 0.15) is 10.3 Å². The van der Waals surface area contributed by atoms with E-state index in [1.807, 2.05) is 0 Å². The highest BCUT2D eigenvalue weighted by Gasteiger charge is 2.24. The normalized spacial score (nSPS) is 13.6. The molecule has 0 amide bonds. The van der Waals surface area contributed by atoms with E-state index in [9.17, 15) is 13.2 Å². The molecule has 0 saturated heterocycles. The van der Waals surface area contributed by atoms with Gasteiger partial charge in [-0.3, -0.25) is 4.79 Å². The molecule has 0 fully saturated rings. The Bertz CT molecular complexity index is 477. The smallest absolute Gasteiger partial charge is 0.321 e. The van der Waals surface area contributed by atoms with Crippen molar-refractivity contribution in [1.29, 1.82) is 0 Å². The molecule has 0 unspecified atom stereocenters. The summed E-state index contributed by atoms with van der Waals surface area (Å²) in [6.45, 7) is 3.40. The average molecular weight is 263 g/mol. The van der Waals surface area contributed by atoms with Crippen molar-refractivity contribution in [2.45, 2.75) is 30.5 Å². The van der Waals surface area contributed by atoms with Gasteiger partial charge in [-0.05, 0) is 25.5 Å². The lowest BCUT2D eigenvalue weighted by Crippen LogP contribution is -2.39. The van der Waals surface area contributed by atoms with Crippen LogP contribution < -0.4 is 4.72 Å². The van der Waals surface area contributed by atoms with Gasteiger partial charge in [0.25, 0.3) is 10.0 Å². The zero-order valence-corrected chi connectivity index (χ0v) is 10.6. The number of aliphatic carboxylic acids is 1. The molecule has 1 rings (SSSR count). The van der Waals surface area contributed by atoms with Gasteiger partial charge in [-0.15, -0.1) is 11.3 Å². The van der Waals surface area contributed by atoms with Crippen molar-refractivity contribution in [2.75, 3.05) is 0 Å².